The molecule has 33 heavy (non-hydrogen) atoms. The molecule has 0 radical (unpaired) electrons. The van der Waals surface area contributed by atoms with E-state index in [0.29, 0.717) is 12.1 Å². The minimum absolute atomic E-state index is 0.112. The van der Waals surface area contributed by atoms with Gasteiger partial charge in [0.05, 0.1) is 25.4 Å². The Balaban J connectivity index is 1.90. The molecular formula is C27H28F2N2O2. The van der Waals surface area contributed by atoms with Crippen molar-refractivity contribution in [3.8, 4) is 22.6 Å². The first kappa shape index (κ1) is 22.6. The van der Waals surface area contributed by atoms with Crippen LogP contribution in [0.1, 0.15) is 31.9 Å². The molecule has 3 aromatic carbocycles. The topological polar surface area (TPSA) is 42.5 Å². The summed E-state index contributed by atoms with van der Waals surface area (Å²) in [5.41, 5.74) is 5.96. The molecule has 2 N–H and O–H groups in total. The predicted molar refractivity (Wildman–Crippen MR) is 130 cm³/mol. The van der Waals surface area contributed by atoms with Crippen molar-refractivity contribution in [2.75, 3.05) is 24.9 Å². The van der Waals surface area contributed by atoms with Gasteiger partial charge in [-0.3, -0.25) is 0 Å². The lowest BCUT2D eigenvalue weighted by atomic mass is 9.85. The Hall–Kier alpha value is -3.54. The van der Waals surface area contributed by atoms with Gasteiger partial charge in [-0.2, -0.15) is 4.39 Å². The molecule has 6 heteroatoms. The Labute approximate surface area is 193 Å². The number of anilines is 2. The second-order valence-electron chi connectivity index (χ2n) is 8.68. The number of benzene rings is 3. The van der Waals surface area contributed by atoms with Crippen molar-refractivity contribution in [3.05, 3.63) is 77.4 Å². The van der Waals surface area contributed by atoms with Gasteiger partial charge in [0.1, 0.15) is 5.75 Å². The minimum atomic E-state index is -0.997. The summed E-state index contributed by atoms with van der Waals surface area (Å²) in [7, 11) is 2.98. The van der Waals surface area contributed by atoms with Crippen molar-refractivity contribution >= 4 is 16.9 Å². The summed E-state index contributed by atoms with van der Waals surface area (Å²) < 4.78 is 39.3. The van der Waals surface area contributed by atoms with E-state index in [1.807, 2.05) is 36.4 Å². The molecule has 1 heterocycles. The van der Waals surface area contributed by atoms with Crippen molar-refractivity contribution in [2.24, 2.45) is 0 Å². The fraction of sp³-hybridized carbons (Fsp3) is 0.259. The third-order valence-corrected chi connectivity index (χ3v) is 5.85. The molecule has 0 aromatic heterocycles. The van der Waals surface area contributed by atoms with Crippen LogP contribution >= 0.6 is 0 Å². The second kappa shape index (κ2) is 8.77. The summed E-state index contributed by atoms with van der Waals surface area (Å²) >= 11 is 0. The van der Waals surface area contributed by atoms with Crippen LogP contribution in [0.15, 0.2) is 54.6 Å². The molecule has 0 saturated heterocycles. The van der Waals surface area contributed by atoms with Crippen LogP contribution in [0.3, 0.4) is 0 Å². The Morgan fingerprint density at radius 1 is 0.939 bits per heavy atom. The molecule has 0 spiro atoms. The summed E-state index contributed by atoms with van der Waals surface area (Å²) in [5, 5.41) is 7.02. The van der Waals surface area contributed by atoms with Gasteiger partial charge in [-0.15, -0.1) is 0 Å². The normalized spacial score (nSPS) is 14.1. The highest BCUT2D eigenvalue weighted by Crippen LogP contribution is 2.43. The maximum absolute atomic E-state index is 14.6. The van der Waals surface area contributed by atoms with Crippen molar-refractivity contribution in [3.63, 3.8) is 0 Å². The van der Waals surface area contributed by atoms with Gasteiger partial charge >= 0.3 is 0 Å². The number of halogens is 2. The lowest BCUT2D eigenvalue weighted by Gasteiger charge is -2.33. The van der Waals surface area contributed by atoms with E-state index in [0.717, 1.165) is 45.5 Å². The molecule has 172 valence electrons. The highest BCUT2D eigenvalue weighted by atomic mass is 19.2. The van der Waals surface area contributed by atoms with E-state index < -0.39 is 11.6 Å². The molecule has 4 rings (SSSR count). The fourth-order valence-electron chi connectivity index (χ4n) is 4.55. The molecule has 0 bridgehead atoms. The third-order valence-electron chi connectivity index (χ3n) is 5.85. The molecular weight excluding hydrogens is 422 g/mol. The van der Waals surface area contributed by atoms with Crippen LogP contribution in [-0.4, -0.2) is 19.8 Å². The zero-order valence-corrected chi connectivity index (χ0v) is 19.5. The van der Waals surface area contributed by atoms with E-state index in [-0.39, 0.29) is 11.3 Å². The van der Waals surface area contributed by atoms with Gasteiger partial charge in [-0.25, -0.2) is 4.39 Å². The van der Waals surface area contributed by atoms with E-state index in [1.54, 1.807) is 13.2 Å². The molecule has 3 aromatic rings. The molecule has 1 aliphatic heterocycles. The number of allylic oxidation sites excluding steroid dienone is 1. The van der Waals surface area contributed by atoms with Gasteiger partial charge in [0.15, 0.2) is 11.6 Å². The molecule has 0 fully saturated rings. The highest BCUT2D eigenvalue weighted by molar-refractivity contribution is 5.88. The molecule has 0 amide bonds. The summed E-state index contributed by atoms with van der Waals surface area (Å²) in [5.74, 6) is -1.33. The van der Waals surface area contributed by atoms with E-state index in [9.17, 15) is 8.78 Å². The standard InChI is InChI=1S/C27H28F2N2O2/c1-16-14-27(2,3)31-22-13-11-17(18-10-12-20(28)25(29)26(18)33-5)19(24(16)22)15-30-21-8-6-7-9-23(21)32-4/h6-14,30-31H,15H2,1-5H3. The van der Waals surface area contributed by atoms with Crippen molar-refractivity contribution < 1.29 is 18.3 Å². The van der Waals surface area contributed by atoms with Crippen molar-refractivity contribution in [1.82, 2.24) is 0 Å². The van der Waals surface area contributed by atoms with Crippen molar-refractivity contribution in [2.45, 2.75) is 32.9 Å². The van der Waals surface area contributed by atoms with Crippen LogP contribution in [0.4, 0.5) is 20.2 Å². The quantitative estimate of drug-likeness (QED) is 0.430. The molecule has 4 nitrogen and oxygen atoms in total. The largest absolute Gasteiger partial charge is 0.495 e. The molecule has 1 aliphatic rings. The monoisotopic (exact) mass is 450 g/mol. The number of rotatable bonds is 6. The molecule has 0 unspecified atom stereocenters. The van der Waals surface area contributed by atoms with Crippen LogP contribution < -0.4 is 20.1 Å². The maximum Gasteiger partial charge on any atom is 0.201 e. The number of nitrogens with one attached hydrogen (secondary N) is 2. The fourth-order valence-corrected chi connectivity index (χ4v) is 4.55. The number of para-hydroxylation sites is 2. The van der Waals surface area contributed by atoms with Crippen LogP contribution in [0.2, 0.25) is 0 Å². The number of hydrogen-bond acceptors (Lipinski definition) is 4. The molecule has 0 saturated carbocycles. The van der Waals surface area contributed by atoms with E-state index in [4.69, 9.17) is 9.47 Å². The summed E-state index contributed by atoms with van der Waals surface area (Å²) in [6.07, 6.45) is 2.17. The number of hydrogen-bond donors (Lipinski definition) is 2. The summed E-state index contributed by atoms with van der Waals surface area (Å²) in [6, 6.07) is 14.3. The van der Waals surface area contributed by atoms with Gasteiger partial charge in [-0.05, 0) is 67.8 Å². The van der Waals surface area contributed by atoms with Gasteiger partial charge in [0.2, 0.25) is 5.82 Å². The first-order valence-electron chi connectivity index (χ1n) is 10.8. The second-order valence-corrected chi connectivity index (χ2v) is 8.68. The van der Waals surface area contributed by atoms with Gasteiger partial charge in [-0.1, -0.05) is 24.3 Å². The Morgan fingerprint density at radius 2 is 1.67 bits per heavy atom. The van der Waals surface area contributed by atoms with Gasteiger partial charge in [0.25, 0.3) is 0 Å². The smallest absolute Gasteiger partial charge is 0.201 e. The minimum Gasteiger partial charge on any atom is -0.495 e. The maximum atomic E-state index is 14.6. The number of fused-ring (bicyclic) bond motifs is 1. The summed E-state index contributed by atoms with van der Waals surface area (Å²) in [6.45, 7) is 6.73. The van der Waals surface area contributed by atoms with E-state index in [1.165, 1.54) is 7.11 Å². The van der Waals surface area contributed by atoms with Crippen LogP contribution in [0, 0.1) is 11.6 Å². The van der Waals surface area contributed by atoms with E-state index >= 15 is 0 Å². The molecule has 0 aliphatic carbocycles. The third kappa shape index (κ3) is 4.25. The highest BCUT2D eigenvalue weighted by Gasteiger charge is 2.27. The lowest BCUT2D eigenvalue weighted by Crippen LogP contribution is -2.32. The van der Waals surface area contributed by atoms with Gasteiger partial charge < -0.3 is 20.1 Å². The zero-order valence-electron chi connectivity index (χ0n) is 19.5. The Bertz CT molecular complexity index is 1240. The zero-order chi connectivity index (χ0) is 23.8. The molecule has 0 atom stereocenters. The number of methoxy groups -OCH3 is 2. The average molecular weight is 451 g/mol. The first-order valence-corrected chi connectivity index (χ1v) is 10.8. The summed E-state index contributed by atoms with van der Waals surface area (Å²) in [4.78, 5) is 0. The predicted octanol–water partition coefficient (Wildman–Crippen LogP) is 6.87. The Morgan fingerprint density at radius 3 is 2.39 bits per heavy atom. The first-order chi connectivity index (χ1) is 15.8. The lowest BCUT2D eigenvalue weighted by molar-refractivity contribution is 0.373. The van der Waals surface area contributed by atoms with Crippen LogP contribution in [0.5, 0.6) is 11.5 Å². The average Bonchev–Trinajstić information content (AvgIpc) is 2.78. The van der Waals surface area contributed by atoms with Crippen molar-refractivity contribution in [1.29, 1.82) is 0 Å². The van der Waals surface area contributed by atoms with E-state index in [2.05, 4.69) is 37.5 Å². The SMILES string of the molecule is COc1ccccc1NCc1c(-c2ccc(F)c(F)c2OC)ccc2c1C(C)=CC(C)(C)N2. The van der Waals surface area contributed by atoms with Gasteiger partial charge in [0, 0.05) is 23.4 Å². The number of ether oxygens (including phenoxy) is 2. The van der Waals surface area contributed by atoms with Crippen LogP contribution in [-0.2, 0) is 6.54 Å². The Kier molecular flexibility index (Phi) is 6.02. The van der Waals surface area contributed by atoms with Crippen LogP contribution in [0.25, 0.3) is 16.7 Å².